The molecule has 1 aromatic heterocycles. The molecule has 164 valence electrons. The lowest BCUT2D eigenvalue weighted by Crippen LogP contribution is -2.36. The minimum absolute atomic E-state index is 0.185. The van der Waals surface area contributed by atoms with E-state index in [1.54, 1.807) is 0 Å². The Kier molecular flexibility index (Phi) is 5.58. The smallest absolute Gasteiger partial charge is 0.232 e. The zero-order valence-electron chi connectivity index (χ0n) is 18.3. The van der Waals surface area contributed by atoms with Crippen LogP contribution in [-0.4, -0.2) is 34.4 Å². The number of rotatable bonds is 5. The summed E-state index contributed by atoms with van der Waals surface area (Å²) in [5.74, 6) is 0.695. The van der Waals surface area contributed by atoms with Gasteiger partial charge in [-0.25, -0.2) is 8.42 Å². The summed E-state index contributed by atoms with van der Waals surface area (Å²) in [4.78, 5) is 0. The predicted octanol–water partition coefficient (Wildman–Crippen LogP) is 4.93. The lowest BCUT2D eigenvalue weighted by atomic mass is 9.99. The molecule has 1 aliphatic rings. The van der Waals surface area contributed by atoms with Gasteiger partial charge in [-0.2, -0.15) is 0 Å². The maximum absolute atomic E-state index is 12.7. The van der Waals surface area contributed by atoms with Crippen LogP contribution in [-0.2, 0) is 14.8 Å². The molecule has 3 aromatic rings. The summed E-state index contributed by atoms with van der Waals surface area (Å²) < 4.78 is 39.3. The van der Waals surface area contributed by atoms with Crippen molar-refractivity contribution in [1.82, 2.24) is 5.32 Å². The van der Waals surface area contributed by atoms with Gasteiger partial charge in [0.1, 0.15) is 11.3 Å². The minimum atomic E-state index is -3.49. The van der Waals surface area contributed by atoms with Gasteiger partial charge in [-0.05, 0) is 19.4 Å². The van der Waals surface area contributed by atoms with Crippen molar-refractivity contribution in [2.75, 3.05) is 24.2 Å². The molecule has 1 aliphatic heterocycles. The van der Waals surface area contributed by atoms with Crippen molar-refractivity contribution >= 4 is 32.4 Å². The molecule has 2 heterocycles. The molecule has 0 spiro atoms. The fourth-order valence-electron chi connectivity index (χ4n) is 4.14. The maximum atomic E-state index is 12.7. The molecule has 2 unspecified atom stereocenters. The zero-order valence-corrected chi connectivity index (χ0v) is 19.1. The molecule has 0 aliphatic carbocycles. The van der Waals surface area contributed by atoms with Gasteiger partial charge in [-0.3, -0.25) is 4.31 Å². The topological polar surface area (TPSA) is 71.8 Å². The highest BCUT2D eigenvalue weighted by Gasteiger charge is 2.32. The molecule has 1 N–H and O–H groups in total. The van der Waals surface area contributed by atoms with E-state index < -0.39 is 10.0 Å². The fourth-order valence-corrected chi connectivity index (χ4v) is 5.09. The van der Waals surface area contributed by atoms with Gasteiger partial charge in [-0.1, -0.05) is 43.8 Å². The number of benzene rings is 2. The van der Waals surface area contributed by atoms with Crippen LogP contribution < -0.4 is 9.62 Å². The molecule has 2 aromatic carbocycles. The SMILES string of the molecule is C=C(NC)c1c(-c2ccccc2)oc2cc3c(cc12)C(C)OC(CC)CN3S(C)(=O)=O. The zero-order chi connectivity index (χ0) is 22.3. The standard InChI is InChI=1S/C24H28N2O4S/c1-6-18-14-26(31(5,27)28)21-13-22-20(12-19(21)16(3)29-18)23(15(2)25-4)24(30-22)17-10-8-7-9-11-17/h7-13,16,18,25H,2,6,14H2,1,3-5H3. The van der Waals surface area contributed by atoms with Gasteiger partial charge in [0.15, 0.2) is 0 Å². The number of hydrogen-bond acceptors (Lipinski definition) is 5. The van der Waals surface area contributed by atoms with E-state index in [4.69, 9.17) is 9.15 Å². The molecule has 4 rings (SSSR count). The van der Waals surface area contributed by atoms with Crippen LogP contribution in [0.4, 0.5) is 5.69 Å². The Hall–Kier alpha value is -2.77. The van der Waals surface area contributed by atoms with Crippen LogP contribution in [0.25, 0.3) is 28.0 Å². The molecule has 0 radical (unpaired) electrons. The van der Waals surface area contributed by atoms with E-state index in [2.05, 4.69) is 11.9 Å². The van der Waals surface area contributed by atoms with Crippen LogP contribution in [0.5, 0.6) is 0 Å². The number of nitrogens with one attached hydrogen (secondary N) is 1. The molecular formula is C24H28N2O4S. The number of anilines is 1. The van der Waals surface area contributed by atoms with Gasteiger partial charge >= 0.3 is 0 Å². The molecule has 0 amide bonds. The summed E-state index contributed by atoms with van der Waals surface area (Å²) in [6.07, 6.45) is 1.51. The summed E-state index contributed by atoms with van der Waals surface area (Å²) in [5.41, 5.74) is 4.55. The van der Waals surface area contributed by atoms with Gasteiger partial charge in [-0.15, -0.1) is 0 Å². The third-order valence-electron chi connectivity index (χ3n) is 5.81. The van der Waals surface area contributed by atoms with E-state index in [1.807, 2.05) is 63.4 Å². The second-order valence-electron chi connectivity index (χ2n) is 7.91. The van der Waals surface area contributed by atoms with E-state index in [0.29, 0.717) is 17.0 Å². The highest BCUT2D eigenvalue weighted by atomic mass is 32.2. The first-order valence-electron chi connectivity index (χ1n) is 10.4. The Balaban J connectivity index is 2.02. The highest BCUT2D eigenvalue weighted by molar-refractivity contribution is 7.92. The molecule has 0 bridgehead atoms. The van der Waals surface area contributed by atoms with Crippen molar-refractivity contribution in [1.29, 1.82) is 0 Å². The Morgan fingerprint density at radius 2 is 1.97 bits per heavy atom. The van der Waals surface area contributed by atoms with Gasteiger partial charge in [0.05, 0.1) is 36.3 Å². The summed E-state index contributed by atoms with van der Waals surface area (Å²) >= 11 is 0. The number of fused-ring (bicyclic) bond motifs is 2. The van der Waals surface area contributed by atoms with Crippen molar-refractivity contribution in [2.24, 2.45) is 0 Å². The normalized spacial score (nSPS) is 19.2. The Morgan fingerprint density at radius 1 is 1.26 bits per heavy atom. The summed E-state index contributed by atoms with van der Waals surface area (Å²) in [7, 11) is -1.67. The lowest BCUT2D eigenvalue weighted by Gasteiger charge is -2.24. The Labute approximate surface area is 183 Å². The van der Waals surface area contributed by atoms with Crippen molar-refractivity contribution < 1.29 is 17.6 Å². The first-order valence-corrected chi connectivity index (χ1v) is 12.3. The second-order valence-corrected chi connectivity index (χ2v) is 9.82. The maximum Gasteiger partial charge on any atom is 0.232 e. The van der Waals surface area contributed by atoms with E-state index >= 15 is 0 Å². The third kappa shape index (κ3) is 3.83. The number of hydrogen-bond donors (Lipinski definition) is 1. The molecule has 2 atom stereocenters. The average Bonchev–Trinajstić information content (AvgIpc) is 3.06. The van der Waals surface area contributed by atoms with Gasteiger partial charge in [0.2, 0.25) is 10.0 Å². The van der Waals surface area contributed by atoms with Crippen molar-refractivity contribution in [3.63, 3.8) is 0 Å². The number of ether oxygens (including phenoxy) is 1. The summed E-state index contributed by atoms with van der Waals surface area (Å²) in [5, 5.41) is 4.00. The highest BCUT2D eigenvalue weighted by Crippen LogP contribution is 2.43. The molecule has 0 saturated heterocycles. The van der Waals surface area contributed by atoms with E-state index in [0.717, 1.165) is 34.2 Å². The first-order chi connectivity index (χ1) is 14.7. The van der Waals surface area contributed by atoms with Gasteiger partial charge in [0, 0.05) is 35.3 Å². The largest absolute Gasteiger partial charge is 0.455 e. The monoisotopic (exact) mass is 440 g/mol. The Morgan fingerprint density at radius 3 is 2.58 bits per heavy atom. The molecule has 0 fully saturated rings. The van der Waals surface area contributed by atoms with Gasteiger partial charge in [0.25, 0.3) is 0 Å². The Bertz CT molecular complexity index is 1230. The lowest BCUT2D eigenvalue weighted by molar-refractivity contribution is 0.00494. The molecule has 6 nitrogen and oxygen atoms in total. The van der Waals surface area contributed by atoms with Crippen LogP contribution in [0.1, 0.15) is 37.5 Å². The molecule has 0 saturated carbocycles. The van der Waals surface area contributed by atoms with Crippen LogP contribution in [0, 0.1) is 0 Å². The number of furan rings is 1. The minimum Gasteiger partial charge on any atom is -0.455 e. The summed E-state index contributed by atoms with van der Waals surface area (Å²) in [6.45, 7) is 8.41. The van der Waals surface area contributed by atoms with Crippen molar-refractivity contribution in [2.45, 2.75) is 32.5 Å². The number of sulfonamides is 1. The number of nitrogens with zero attached hydrogens (tertiary/aromatic N) is 1. The third-order valence-corrected chi connectivity index (χ3v) is 6.95. The van der Waals surface area contributed by atoms with Crippen LogP contribution in [0.2, 0.25) is 0 Å². The first kappa shape index (κ1) is 21.5. The molecule has 7 heteroatoms. The van der Waals surface area contributed by atoms with Crippen LogP contribution >= 0.6 is 0 Å². The van der Waals surface area contributed by atoms with Crippen molar-refractivity contribution in [3.05, 3.63) is 60.2 Å². The van der Waals surface area contributed by atoms with E-state index in [-0.39, 0.29) is 18.8 Å². The quantitative estimate of drug-likeness (QED) is 0.609. The molecular weight excluding hydrogens is 412 g/mol. The fraction of sp³-hybridized carbons (Fsp3) is 0.333. The van der Waals surface area contributed by atoms with E-state index in [1.165, 1.54) is 10.6 Å². The predicted molar refractivity (Wildman–Crippen MR) is 126 cm³/mol. The molecule has 31 heavy (non-hydrogen) atoms. The van der Waals surface area contributed by atoms with E-state index in [9.17, 15) is 8.42 Å². The van der Waals surface area contributed by atoms with Gasteiger partial charge < -0.3 is 14.5 Å². The second kappa shape index (κ2) is 8.05. The van der Waals surface area contributed by atoms with Crippen molar-refractivity contribution in [3.8, 4) is 11.3 Å². The summed E-state index contributed by atoms with van der Waals surface area (Å²) in [6, 6.07) is 13.6. The van der Waals surface area contributed by atoms with Crippen LogP contribution in [0.3, 0.4) is 0 Å². The van der Waals surface area contributed by atoms with Crippen LogP contribution in [0.15, 0.2) is 53.5 Å². The average molecular weight is 441 g/mol.